The summed E-state index contributed by atoms with van der Waals surface area (Å²) in [7, 11) is -0.797. The molecular weight excluding hydrogens is 168 g/mol. The van der Waals surface area contributed by atoms with Gasteiger partial charge in [-0.2, -0.15) is 0 Å². The highest BCUT2D eigenvalue weighted by Crippen LogP contribution is 2.28. The lowest BCUT2D eigenvalue weighted by Gasteiger charge is -2.16. The first-order valence-corrected chi connectivity index (χ1v) is 5.26. The van der Waals surface area contributed by atoms with Crippen LogP contribution in [0.2, 0.25) is 0 Å². The van der Waals surface area contributed by atoms with Gasteiger partial charge in [0, 0.05) is 10.6 Å². The standard InChI is InChI=1S/C10H10OS/c1-8-6-7-12(11)10-5-3-2-4-9(8)10/h2-5H,1,6-7H2. The van der Waals surface area contributed by atoms with E-state index in [0.717, 1.165) is 28.2 Å². The number of benzene rings is 1. The fourth-order valence-corrected chi connectivity index (χ4v) is 2.76. The molecule has 2 rings (SSSR count). The zero-order valence-corrected chi connectivity index (χ0v) is 7.56. The minimum atomic E-state index is -0.797. The van der Waals surface area contributed by atoms with Crippen LogP contribution in [-0.4, -0.2) is 9.96 Å². The molecule has 0 radical (unpaired) electrons. The fourth-order valence-electron chi connectivity index (χ4n) is 1.42. The number of rotatable bonds is 0. The summed E-state index contributed by atoms with van der Waals surface area (Å²) in [5, 5.41) is 0. The van der Waals surface area contributed by atoms with Gasteiger partial charge in [-0.3, -0.25) is 4.21 Å². The molecule has 1 atom stereocenters. The highest BCUT2D eigenvalue weighted by atomic mass is 32.2. The van der Waals surface area contributed by atoms with Crippen molar-refractivity contribution in [2.75, 3.05) is 5.75 Å². The van der Waals surface area contributed by atoms with Gasteiger partial charge in [-0.1, -0.05) is 24.8 Å². The molecule has 1 aliphatic heterocycles. The van der Waals surface area contributed by atoms with Gasteiger partial charge in [-0.05, 0) is 23.6 Å². The van der Waals surface area contributed by atoms with E-state index in [-0.39, 0.29) is 0 Å². The number of hydrogen-bond donors (Lipinski definition) is 0. The lowest BCUT2D eigenvalue weighted by atomic mass is 10.1. The summed E-state index contributed by atoms with van der Waals surface area (Å²) in [4.78, 5) is 0.953. The molecule has 0 N–H and O–H groups in total. The van der Waals surface area contributed by atoms with E-state index in [9.17, 15) is 4.21 Å². The highest BCUT2D eigenvalue weighted by molar-refractivity contribution is 7.85. The van der Waals surface area contributed by atoms with Crippen molar-refractivity contribution in [2.45, 2.75) is 11.3 Å². The van der Waals surface area contributed by atoms with E-state index in [2.05, 4.69) is 6.58 Å². The minimum absolute atomic E-state index is 0.732. The predicted molar refractivity (Wildman–Crippen MR) is 51.4 cm³/mol. The van der Waals surface area contributed by atoms with Gasteiger partial charge in [0.25, 0.3) is 0 Å². The third kappa shape index (κ3) is 1.12. The third-order valence-corrected chi connectivity index (χ3v) is 3.52. The molecule has 1 unspecified atom stereocenters. The number of allylic oxidation sites excluding steroid dienone is 1. The lowest BCUT2D eigenvalue weighted by Crippen LogP contribution is -2.08. The largest absolute Gasteiger partial charge is 0.254 e. The van der Waals surface area contributed by atoms with Crippen LogP contribution in [0.1, 0.15) is 12.0 Å². The second-order valence-electron chi connectivity index (χ2n) is 2.90. The Labute approximate surface area is 74.6 Å². The minimum Gasteiger partial charge on any atom is -0.254 e. The summed E-state index contributed by atoms with van der Waals surface area (Å²) in [5.41, 5.74) is 2.20. The van der Waals surface area contributed by atoms with Crippen molar-refractivity contribution in [1.82, 2.24) is 0 Å². The molecule has 1 nitrogen and oxygen atoms in total. The zero-order chi connectivity index (χ0) is 8.55. The quantitative estimate of drug-likeness (QED) is 0.595. The smallest absolute Gasteiger partial charge is 0.0539 e. The Bertz CT molecular complexity index is 320. The Hall–Kier alpha value is -0.890. The van der Waals surface area contributed by atoms with Crippen LogP contribution in [0.3, 0.4) is 0 Å². The Morgan fingerprint density at radius 3 is 2.83 bits per heavy atom. The molecule has 0 aliphatic carbocycles. The fraction of sp³-hybridized carbons (Fsp3) is 0.200. The van der Waals surface area contributed by atoms with Crippen molar-refractivity contribution in [3.8, 4) is 0 Å². The number of hydrogen-bond acceptors (Lipinski definition) is 1. The maximum atomic E-state index is 11.5. The molecule has 0 fully saturated rings. The molecule has 1 heterocycles. The monoisotopic (exact) mass is 178 g/mol. The normalized spacial score (nSPS) is 22.0. The molecule has 1 aromatic rings. The first kappa shape index (κ1) is 7.74. The van der Waals surface area contributed by atoms with Gasteiger partial charge >= 0.3 is 0 Å². The summed E-state index contributed by atoms with van der Waals surface area (Å²) >= 11 is 0. The van der Waals surface area contributed by atoms with Crippen LogP contribution in [0.25, 0.3) is 5.57 Å². The van der Waals surface area contributed by atoms with Crippen molar-refractivity contribution in [3.05, 3.63) is 36.4 Å². The Balaban J connectivity index is 2.62. The van der Waals surface area contributed by atoms with Crippen LogP contribution in [0.5, 0.6) is 0 Å². The van der Waals surface area contributed by atoms with E-state index in [1.807, 2.05) is 24.3 Å². The van der Waals surface area contributed by atoms with E-state index in [0.29, 0.717) is 0 Å². The van der Waals surface area contributed by atoms with E-state index >= 15 is 0 Å². The second kappa shape index (κ2) is 2.87. The average molecular weight is 178 g/mol. The first-order chi connectivity index (χ1) is 5.79. The van der Waals surface area contributed by atoms with Crippen LogP contribution in [-0.2, 0) is 10.8 Å². The van der Waals surface area contributed by atoms with Crippen molar-refractivity contribution >= 4 is 16.4 Å². The van der Waals surface area contributed by atoms with Crippen LogP contribution in [0.4, 0.5) is 0 Å². The van der Waals surface area contributed by atoms with Crippen LogP contribution >= 0.6 is 0 Å². The summed E-state index contributed by atoms with van der Waals surface area (Å²) in [6, 6.07) is 7.81. The second-order valence-corrected chi connectivity index (χ2v) is 4.44. The van der Waals surface area contributed by atoms with Gasteiger partial charge in [0.2, 0.25) is 0 Å². The van der Waals surface area contributed by atoms with Crippen LogP contribution in [0, 0.1) is 0 Å². The van der Waals surface area contributed by atoms with Gasteiger partial charge in [0.1, 0.15) is 0 Å². The summed E-state index contributed by atoms with van der Waals surface area (Å²) in [6.45, 7) is 3.96. The summed E-state index contributed by atoms with van der Waals surface area (Å²) < 4.78 is 11.5. The Morgan fingerprint density at radius 1 is 1.33 bits per heavy atom. The molecule has 0 amide bonds. The molecule has 12 heavy (non-hydrogen) atoms. The van der Waals surface area contributed by atoms with Crippen molar-refractivity contribution in [1.29, 1.82) is 0 Å². The van der Waals surface area contributed by atoms with Gasteiger partial charge in [-0.25, -0.2) is 0 Å². The van der Waals surface area contributed by atoms with Gasteiger partial charge in [-0.15, -0.1) is 0 Å². The van der Waals surface area contributed by atoms with Gasteiger partial charge in [0.15, 0.2) is 0 Å². The third-order valence-electron chi connectivity index (χ3n) is 2.10. The van der Waals surface area contributed by atoms with E-state index in [1.54, 1.807) is 0 Å². The molecule has 1 aliphatic rings. The zero-order valence-electron chi connectivity index (χ0n) is 6.75. The first-order valence-electron chi connectivity index (χ1n) is 3.94. The topological polar surface area (TPSA) is 17.1 Å². The number of fused-ring (bicyclic) bond motifs is 1. The molecule has 0 spiro atoms. The van der Waals surface area contributed by atoms with Crippen LogP contribution in [0.15, 0.2) is 35.7 Å². The maximum Gasteiger partial charge on any atom is 0.0539 e. The molecule has 0 aromatic heterocycles. The Morgan fingerprint density at radius 2 is 2.08 bits per heavy atom. The van der Waals surface area contributed by atoms with Crippen molar-refractivity contribution < 1.29 is 4.21 Å². The average Bonchev–Trinajstić information content (AvgIpc) is 2.12. The molecular formula is C10H10OS. The van der Waals surface area contributed by atoms with E-state index in [1.165, 1.54) is 0 Å². The van der Waals surface area contributed by atoms with Crippen molar-refractivity contribution in [3.63, 3.8) is 0 Å². The van der Waals surface area contributed by atoms with Gasteiger partial charge in [0.05, 0.1) is 10.8 Å². The molecule has 62 valence electrons. The lowest BCUT2D eigenvalue weighted by molar-refractivity contribution is 0.681. The summed E-state index contributed by atoms with van der Waals surface area (Å²) in [6.07, 6.45) is 0.865. The molecule has 0 saturated carbocycles. The molecule has 0 saturated heterocycles. The summed E-state index contributed by atoms with van der Waals surface area (Å²) in [5.74, 6) is 0.732. The highest BCUT2D eigenvalue weighted by Gasteiger charge is 2.16. The van der Waals surface area contributed by atoms with Gasteiger partial charge < -0.3 is 0 Å². The van der Waals surface area contributed by atoms with Crippen LogP contribution < -0.4 is 0 Å². The molecule has 0 bridgehead atoms. The SMILES string of the molecule is C=C1CCS(=O)c2ccccc21. The maximum absolute atomic E-state index is 11.5. The molecule has 2 heteroatoms. The Kier molecular flexibility index (Phi) is 1.85. The van der Waals surface area contributed by atoms with E-state index < -0.39 is 10.8 Å². The predicted octanol–water partition coefficient (Wildman–Crippen LogP) is 2.21. The van der Waals surface area contributed by atoms with E-state index in [4.69, 9.17) is 0 Å². The van der Waals surface area contributed by atoms with Crippen molar-refractivity contribution in [2.24, 2.45) is 0 Å². The molecule has 1 aromatic carbocycles.